The van der Waals surface area contributed by atoms with E-state index in [2.05, 4.69) is 34.4 Å². The van der Waals surface area contributed by atoms with Gasteiger partial charge in [0, 0.05) is 46.6 Å². The Morgan fingerprint density at radius 3 is 2.31 bits per heavy atom. The molecule has 0 atom stereocenters. The number of rotatable bonds is 14. The van der Waals surface area contributed by atoms with Gasteiger partial charge in [-0.15, -0.1) is 0 Å². The molecule has 0 spiro atoms. The first kappa shape index (κ1) is 23.2. The van der Waals surface area contributed by atoms with Crippen LogP contribution in [-0.4, -0.2) is 77.1 Å². The third kappa shape index (κ3) is 11.7. The minimum absolute atomic E-state index is 0.686. The van der Waals surface area contributed by atoms with E-state index in [9.17, 15) is 0 Å². The lowest BCUT2D eigenvalue weighted by molar-refractivity contribution is 0.0203. The molecular formula is C20H42N4O2. The van der Waals surface area contributed by atoms with Crippen LogP contribution in [0.1, 0.15) is 52.4 Å². The number of ether oxygens (including phenoxy) is 2. The minimum atomic E-state index is 0.686. The fourth-order valence-electron chi connectivity index (χ4n) is 3.24. The smallest absolute Gasteiger partial charge is 0.190 e. The molecule has 0 unspecified atom stereocenters. The standard InChI is InChI=1S/C20H42N4O2/c1-4-12-24(13-5-2)14-6-10-22-20(21-3)23-11-7-15-26-18-19-8-16-25-17-9-19/h19H,4-18H2,1-3H3,(H2,21,22,23). The molecule has 0 aromatic heterocycles. The van der Waals surface area contributed by atoms with Crippen molar-refractivity contribution >= 4 is 5.96 Å². The summed E-state index contributed by atoms with van der Waals surface area (Å²) in [6.45, 7) is 13.4. The van der Waals surface area contributed by atoms with Gasteiger partial charge in [0.05, 0.1) is 0 Å². The minimum Gasteiger partial charge on any atom is -0.381 e. The molecule has 0 amide bonds. The molecule has 1 heterocycles. The van der Waals surface area contributed by atoms with Gasteiger partial charge in [0.25, 0.3) is 0 Å². The Balaban J connectivity index is 1.99. The third-order valence-electron chi connectivity index (χ3n) is 4.70. The zero-order valence-electron chi connectivity index (χ0n) is 17.4. The molecule has 0 saturated carbocycles. The Kier molecular flexibility index (Phi) is 14.6. The van der Waals surface area contributed by atoms with Gasteiger partial charge in [-0.3, -0.25) is 4.99 Å². The van der Waals surface area contributed by atoms with Gasteiger partial charge in [0.15, 0.2) is 5.96 Å². The molecule has 0 aliphatic carbocycles. The van der Waals surface area contributed by atoms with Crippen LogP contribution in [0.25, 0.3) is 0 Å². The fraction of sp³-hybridized carbons (Fsp3) is 0.950. The van der Waals surface area contributed by atoms with E-state index in [0.29, 0.717) is 5.92 Å². The van der Waals surface area contributed by atoms with Gasteiger partial charge in [0.2, 0.25) is 0 Å². The van der Waals surface area contributed by atoms with Crippen LogP contribution in [0.2, 0.25) is 0 Å². The molecule has 6 nitrogen and oxygen atoms in total. The molecule has 1 rings (SSSR count). The van der Waals surface area contributed by atoms with Crippen LogP contribution >= 0.6 is 0 Å². The number of guanidine groups is 1. The lowest BCUT2D eigenvalue weighted by Crippen LogP contribution is -2.39. The zero-order chi connectivity index (χ0) is 18.9. The molecule has 6 heteroatoms. The quantitative estimate of drug-likeness (QED) is 0.279. The van der Waals surface area contributed by atoms with Crippen LogP contribution in [0.4, 0.5) is 0 Å². The van der Waals surface area contributed by atoms with Crippen molar-refractivity contribution in [3.63, 3.8) is 0 Å². The van der Waals surface area contributed by atoms with Crippen LogP contribution in [0, 0.1) is 5.92 Å². The molecule has 0 aromatic rings. The molecule has 1 aliphatic heterocycles. The number of aliphatic imine (C=N–C) groups is 1. The van der Waals surface area contributed by atoms with Crippen molar-refractivity contribution in [2.75, 3.05) is 66.2 Å². The highest BCUT2D eigenvalue weighted by atomic mass is 16.5. The maximum atomic E-state index is 5.80. The van der Waals surface area contributed by atoms with E-state index >= 15 is 0 Å². The van der Waals surface area contributed by atoms with E-state index in [1.807, 2.05) is 7.05 Å². The Morgan fingerprint density at radius 1 is 1.04 bits per heavy atom. The second kappa shape index (κ2) is 16.3. The molecule has 1 aliphatic rings. The summed E-state index contributed by atoms with van der Waals surface area (Å²) in [6, 6.07) is 0. The molecule has 0 bridgehead atoms. The molecule has 0 aromatic carbocycles. The van der Waals surface area contributed by atoms with E-state index in [1.54, 1.807) is 0 Å². The number of hydrogen-bond donors (Lipinski definition) is 2. The maximum absolute atomic E-state index is 5.80. The summed E-state index contributed by atoms with van der Waals surface area (Å²) < 4.78 is 11.2. The van der Waals surface area contributed by atoms with Crippen molar-refractivity contribution in [2.24, 2.45) is 10.9 Å². The van der Waals surface area contributed by atoms with Crippen LogP contribution in [0.3, 0.4) is 0 Å². The van der Waals surface area contributed by atoms with Crippen LogP contribution in [-0.2, 0) is 9.47 Å². The lowest BCUT2D eigenvalue weighted by Gasteiger charge is -2.22. The van der Waals surface area contributed by atoms with E-state index in [-0.39, 0.29) is 0 Å². The molecule has 26 heavy (non-hydrogen) atoms. The molecule has 2 N–H and O–H groups in total. The van der Waals surface area contributed by atoms with Crippen LogP contribution in [0.5, 0.6) is 0 Å². The van der Waals surface area contributed by atoms with Gasteiger partial charge in [0.1, 0.15) is 0 Å². The molecule has 0 radical (unpaired) electrons. The van der Waals surface area contributed by atoms with Crippen molar-refractivity contribution in [3.05, 3.63) is 0 Å². The average Bonchev–Trinajstić information content (AvgIpc) is 2.67. The average molecular weight is 371 g/mol. The molecule has 154 valence electrons. The number of nitrogens with one attached hydrogen (secondary N) is 2. The first-order chi connectivity index (χ1) is 12.8. The summed E-state index contributed by atoms with van der Waals surface area (Å²) in [7, 11) is 1.83. The topological polar surface area (TPSA) is 58.1 Å². The highest BCUT2D eigenvalue weighted by Gasteiger charge is 2.13. The second-order valence-corrected chi connectivity index (χ2v) is 7.11. The van der Waals surface area contributed by atoms with Gasteiger partial charge in [-0.2, -0.15) is 0 Å². The predicted molar refractivity (Wildman–Crippen MR) is 110 cm³/mol. The normalized spacial score (nSPS) is 16.2. The van der Waals surface area contributed by atoms with E-state index in [4.69, 9.17) is 9.47 Å². The van der Waals surface area contributed by atoms with E-state index in [1.165, 1.54) is 25.9 Å². The SMILES string of the molecule is CCCN(CCC)CCCNC(=NC)NCCCOCC1CCOCC1. The highest BCUT2D eigenvalue weighted by molar-refractivity contribution is 5.79. The summed E-state index contributed by atoms with van der Waals surface area (Å²) in [5.41, 5.74) is 0. The van der Waals surface area contributed by atoms with Gasteiger partial charge in [-0.1, -0.05) is 13.8 Å². The Labute approximate surface area is 161 Å². The molecular weight excluding hydrogens is 328 g/mol. The fourth-order valence-corrected chi connectivity index (χ4v) is 3.24. The molecule has 1 saturated heterocycles. The first-order valence-corrected chi connectivity index (χ1v) is 10.6. The summed E-state index contributed by atoms with van der Waals surface area (Å²) in [5, 5.41) is 6.78. The predicted octanol–water partition coefficient (Wildman–Crippen LogP) is 2.50. The van der Waals surface area contributed by atoms with E-state index in [0.717, 1.165) is 77.7 Å². The Bertz CT molecular complexity index is 341. The summed E-state index contributed by atoms with van der Waals surface area (Å²) in [6.07, 6.45) is 6.89. The second-order valence-electron chi connectivity index (χ2n) is 7.11. The van der Waals surface area contributed by atoms with Gasteiger partial charge >= 0.3 is 0 Å². The number of hydrogen-bond acceptors (Lipinski definition) is 4. The van der Waals surface area contributed by atoms with Crippen molar-refractivity contribution in [1.29, 1.82) is 0 Å². The van der Waals surface area contributed by atoms with Crippen LogP contribution < -0.4 is 10.6 Å². The highest BCUT2D eigenvalue weighted by Crippen LogP contribution is 2.14. The lowest BCUT2D eigenvalue weighted by atomic mass is 10.0. The van der Waals surface area contributed by atoms with Gasteiger partial charge in [-0.05, 0) is 64.1 Å². The Morgan fingerprint density at radius 2 is 1.69 bits per heavy atom. The number of nitrogens with zero attached hydrogens (tertiary/aromatic N) is 2. The monoisotopic (exact) mass is 370 g/mol. The zero-order valence-corrected chi connectivity index (χ0v) is 17.4. The third-order valence-corrected chi connectivity index (χ3v) is 4.70. The van der Waals surface area contributed by atoms with Crippen molar-refractivity contribution < 1.29 is 9.47 Å². The van der Waals surface area contributed by atoms with Gasteiger partial charge in [-0.25, -0.2) is 0 Å². The summed E-state index contributed by atoms with van der Waals surface area (Å²) in [4.78, 5) is 6.84. The van der Waals surface area contributed by atoms with Crippen molar-refractivity contribution in [1.82, 2.24) is 15.5 Å². The van der Waals surface area contributed by atoms with E-state index < -0.39 is 0 Å². The van der Waals surface area contributed by atoms with Crippen molar-refractivity contribution in [2.45, 2.75) is 52.4 Å². The van der Waals surface area contributed by atoms with Gasteiger partial charge < -0.3 is 25.0 Å². The Hall–Kier alpha value is -0.850. The first-order valence-electron chi connectivity index (χ1n) is 10.6. The molecule has 1 fully saturated rings. The summed E-state index contributed by atoms with van der Waals surface area (Å²) >= 11 is 0. The maximum Gasteiger partial charge on any atom is 0.190 e. The largest absolute Gasteiger partial charge is 0.381 e. The van der Waals surface area contributed by atoms with Crippen LogP contribution in [0.15, 0.2) is 4.99 Å². The van der Waals surface area contributed by atoms with Crippen molar-refractivity contribution in [3.8, 4) is 0 Å². The summed E-state index contributed by atoms with van der Waals surface area (Å²) in [5.74, 6) is 1.58.